The van der Waals surface area contributed by atoms with Crippen molar-refractivity contribution in [3.8, 4) is 0 Å². The maximum Gasteiger partial charge on any atom is 0.0863 e. The molecule has 1 aromatic rings. The van der Waals surface area contributed by atoms with E-state index in [4.69, 9.17) is 11.6 Å². The van der Waals surface area contributed by atoms with Gasteiger partial charge in [0, 0.05) is 58.9 Å². The van der Waals surface area contributed by atoms with Crippen LogP contribution >= 0.6 is 11.6 Å². The van der Waals surface area contributed by atoms with E-state index in [-0.39, 0.29) is 0 Å². The van der Waals surface area contributed by atoms with Crippen LogP contribution in [0.1, 0.15) is 18.3 Å². The number of nitrogens with one attached hydrogen (secondary N) is 1. The fourth-order valence-electron chi connectivity index (χ4n) is 3.15. The molecule has 20 heavy (non-hydrogen) atoms. The highest BCUT2D eigenvalue weighted by molar-refractivity contribution is 6.31. The Hall–Kier alpha value is -0.620. The average Bonchev–Trinajstić information content (AvgIpc) is 2.69. The summed E-state index contributed by atoms with van der Waals surface area (Å²) in [7, 11) is 1.99. The fraction of sp³-hybridized carbons (Fsp3) is 0.786. The highest BCUT2D eigenvalue weighted by atomic mass is 35.5. The van der Waals surface area contributed by atoms with Gasteiger partial charge in [0.2, 0.25) is 0 Å². The molecule has 3 rings (SSSR count). The van der Waals surface area contributed by atoms with Crippen LogP contribution in [0, 0.1) is 0 Å². The molecular weight excluding hydrogens is 274 g/mol. The van der Waals surface area contributed by atoms with Crippen molar-refractivity contribution in [3.63, 3.8) is 0 Å². The maximum atomic E-state index is 6.41. The zero-order chi connectivity index (χ0) is 14.1. The van der Waals surface area contributed by atoms with Crippen molar-refractivity contribution in [1.29, 1.82) is 0 Å². The minimum absolute atomic E-state index is 0.731. The molecule has 0 radical (unpaired) electrons. The summed E-state index contributed by atoms with van der Waals surface area (Å²) in [6, 6.07) is 0.731. The molecule has 6 heteroatoms. The van der Waals surface area contributed by atoms with Gasteiger partial charge in [-0.15, -0.1) is 0 Å². The molecule has 0 amide bonds. The predicted molar refractivity (Wildman–Crippen MR) is 81.1 cm³/mol. The Morgan fingerprint density at radius 2 is 2.00 bits per heavy atom. The monoisotopic (exact) mass is 297 g/mol. The Morgan fingerprint density at radius 1 is 1.30 bits per heavy atom. The van der Waals surface area contributed by atoms with Gasteiger partial charge in [-0.3, -0.25) is 14.5 Å². The summed E-state index contributed by atoms with van der Waals surface area (Å²) in [5, 5.41) is 8.76. The van der Waals surface area contributed by atoms with Crippen LogP contribution in [-0.4, -0.2) is 64.9 Å². The Bertz CT molecular complexity index is 460. The van der Waals surface area contributed by atoms with E-state index in [2.05, 4.69) is 27.1 Å². The third-order valence-corrected chi connectivity index (χ3v) is 4.92. The number of nitrogens with zero attached hydrogens (tertiary/aromatic N) is 4. The number of hydrogen-bond acceptors (Lipinski definition) is 4. The molecule has 0 atom stereocenters. The molecule has 0 bridgehead atoms. The van der Waals surface area contributed by atoms with Crippen LogP contribution in [0.2, 0.25) is 5.02 Å². The van der Waals surface area contributed by atoms with Gasteiger partial charge in [0.15, 0.2) is 0 Å². The van der Waals surface area contributed by atoms with Crippen LogP contribution in [0.4, 0.5) is 0 Å². The minimum Gasteiger partial charge on any atom is -0.314 e. The van der Waals surface area contributed by atoms with Gasteiger partial charge in [-0.1, -0.05) is 18.5 Å². The third kappa shape index (κ3) is 2.72. The van der Waals surface area contributed by atoms with Crippen LogP contribution in [-0.2, 0) is 20.0 Å². The molecular formula is C14H24ClN5. The Morgan fingerprint density at radius 3 is 2.60 bits per heavy atom. The molecule has 0 unspecified atom stereocenters. The number of halogens is 1. The standard InChI is InChI=1S/C14H24ClN5/c1-3-12-14(15)13(18(2)17-12)10-19-8-11(9-19)20-6-4-16-5-7-20/h11,16H,3-10H2,1-2H3. The lowest BCUT2D eigenvalue weighted by Crippen LogP contribution is -2.62. The number of likely N-dealkylation sites (tertiary alicyclic amines) is 1. The SMILES string of the molecule is CCc1nn(C)c(CN2CC(N3CCNCC3)C2)c1Cl. The van der Waals surface area contributed by atoms with Crippen molar-refractivity contribution in [2.45, 2.75) is 25.9 Å². The van der Waals surface area contributed by atoms with E-state index in [1.165, 1.54) is 13.1 Å². The first-order chi connectivity index (χ1) is 9.69. The lowest BCUT2D eigenvalue weighted by molar-refractivity contribution is 0.0210. The quantitative estimate of drug-likeness (QED) is 0.889. The molecule has 0 saturated carbocycles. The first kappa shape index (κ1) is 14.3. The summed E-state index contributed by atoms with van der Waals surface area (Å²) in [4.78, 5) is 5.07. The van der Waals surface area contributed by atoms with Gasteiger partial charge in [-0.2, -0.15) is 5.10 Å². The summed E-state index contributed by atoms with van der Waals surface area (Å²) >= 11 is 6.41. The Kier molecular flexibility index (Phi) is 4.31. The summed E-state index contributed by atoms with van der Waals surface area (Å²) in [6.45, 7) is 9.96. The van der Waals surface area contributed by atoms with Crippen molar-refractivity contribution in [2.75, 3.05) is 39.3 Å². The van der Waals surface area contributed by atoms with Crippen LogP contribution in [0.5, 0.6) is 0 Å². The normalized spacial score (nSPS) is 22.1. The number of piperazine rings is 1. The van der Waals surface area contributed by atoms with Gasteiger partial charge in [0.25, 0.3) is 0 Å². The van der Waals surface area contributed by atoms with E-state index in [0.29, 0.717) is 0 Å². The largest absolute Gasteiger partial charge is 0.314 e. The van der Waals surface area contributed by atoms with E-state index in [1.54, 1.807) is 0 Å². The summed E-state index contributed by atoms with van der Waals surface area (Å²) < 4.78 is 1.94. The van der Waals surface area contributed by atoms with Gasteiger partial charge < -0.3 is 5.32 Å². The first-order valence-corrected chi connectivity index (χ1v) is 7.94. The third-order valence-electron chi connectivity index (χ3n) is 4.48. The number of rotatable bonds is 4. The van der Waals surface area contributed by atoms with Gasteiger partial charge >= 0.3 is 0 Å². The van der Waals surface area contributed by atoms with E-state index in [1.807, 2.05) is 11.7 Å². The molecule has 0 spiro atoms. The molecule has 2 aliphatic heterocycles. The molecule has 2 aliphatic rings. The van der Waals surface area contributed by atoms with Crippen LogP contribution in [0.15, 0.2) is 0 Å². The van der Waals surface area contributed by atoms with Crippen LogP contribution < -0.4 is 5.32 Å². The molecule has 0 aromatic carbocycles. The van der Waals surface area contributed by atoms with Crippen LogP contribution in [0.25, 0.3) is 0 Å². The molecule has 1 N–H and O–H groups in total. The Labute approximate surface area is 125 Å². The molecule has 5 nitrogen and oxygen atoms in total. The Balaban J connectivity index is 1.54. The second-order valence-electron chi connectivity index (χ2n) is 5.82. The highest BCUT2D eigenvalue weighted by Crippen LogP contribution is 2.25. The van der Waals surface area contributed by atoms with Gasteiger partial charge in [-0.25, -0.2) is 0 Å². The minimum atomic E-state index is 0.731. The zero-order valence-corrected chi connectivity index (χ0v) is 13.2. The van der Waals surface area contributed by atoms with Crippen molar-refractivity contribution in [2.24, 2.45) is 7.05 Å². The molecule has 1 aromatic heterocycles. The van der Waals surface area contributed by atoms with Gasteiger partial charge in [0.05, 0.1) is 16.4 Å². The van der Waals surface area contributed by atoms with Crippen molar-refractivity contribution >= 4 is 11.6 Å². The van der Waals surface area contributed by atoms with E-state index in [9.17, 15) is 0 Å². The number of aromatic nitrogens is 2. The lowest BCUT2D eigenvalue weighted by Gasteiger charge is -2.46. The van der Waals surface area contributed by atoms with Crippen molar-refractivity contribution in [3.05, 3.63) is 16.4 Å². The molecule has 3 heterocycles. The molecule has 2 saturated heterocycles. The van der Waals surface area contributed by atoms with Crippen molar-refractivity contribution in [1.82, 2.24) is 24.9 Å². The van der Waals surface area contributed by atoms with E-state index >= 15 is 0 Å². The van der Waals surface area contributed by atoms with Gasteiger partial charge in [-0.05, 0) is 6.42 Å². The van der Waals surface area contributed by atoms with E-state index in [0.717, 1.165) is 61.6 Å². The van der Waals surface area contributed by atoms with E-state index < -0.39 is 0 Å². The smallest absolute Gasteiger partial charge is 0.0863 e. The average molecular weight is 298 g/mol. The molecule has 2 fully saturated rings. The topological polar surface area (TPSA) is 36.3 Å². The zero-order valence-electron chi connectivity index (χ0n) is 12.4. The summed E-state index contributed by atoms with van der Waals surface area (Å²) in [6.07, 6.45) is 0.899. The highest BCUT2D eigenvalue weighted by Gasteiger charge is 2.33. The summed E-state index contributed by atoms with van der Waals surface area (Å²) in [5.74, 6) is 0. The number of aryl methyl sites for hydroxylation is 2. The first-order valence-electron chi connectivity index (χ1n) is 7.56. The van der Waals surface area contributed by atoms with Crippen LogP contribution in [0.3, 0.4) is 0 Å². The predicted octanol–water partition coefficient (Wildman–Crippen LogP) is 0.725. The summed E-state index contributed by atoms with van der Waals surface area (Å²) in [5.41, 5.74) is 2.17. The second kappa shape index (κ2) is 6.02. The maximum absolute atomic E-state index is 6.41. The molecule has 0 aliphatic carbocycles. The lowest BCUT2D eigenvalue weighted by atomic mass is 10.1. The number of hydrogen-bond donors (Lipinski definition) is 1. The fourth-order valence-corrected chi connectivity index (χ4v) is 3.51. The molecule has 112 valence electrons. The van der Waals surface area contributed by atoms with Crippen molar-refractivity contribution < 1.29 is 0 Å². The van der Waals surface area contributed by atoms with Gasteiger partial charge in [0.1, 0.15) is 0 Å². The second-order valence-corrected chi connectivity index (χ2v) is 6.20.